The molecule has 2 aliphatic rings. The lowest BCUT2D eigenvalue weighted by atomic mass is 9.88. The molecule has 5 amide bonds. The van der Waals surface area contributed by atoms with E-state index in [0.29, 0.717) is 38.0 Å². The van der Waals surface area contributed by atoms with E-state index in [1.165, 1.54) is 0 Å². The summed E-state index contributed by atoms with van der Waals surface area (Å²) >= 11 is 0. The first-order valence-corrected chi connectivity index (χ1v) is 12.6. The van der Waals surface area contributed by atoms with Crippen molar-refractivity contribution < 1.29 is 28.7 Å². The molecule has 1 saturated heterocycles. The Morgan fingerprint density at radius 3 is 2.56 bits per heavy atom. The van der Waals surface area contributed by atoms with Gasteiger partial charge in [-0.05, 0) is 58.1 Å². The molecule has 0 bridgehead atoms. The van der Waals surface area contributed by atoms with Crippen molar-refractivity contribution in [2.75, 3.05) is 18.0 Å². The van der Waals surface area contributed by atoms with Crippen LogP contribution in [0.15, 0.2) is 24.3 Å². The first kappa shape index (κ1) is 27.2. The van der Waals surface area contributed by atoms with Crippen LogP contribution in [-0.4, -0.2) is 54.5 Å². The predicted molar refractivity (Wildman–Crippen MR) is 133 cm³/mol. The molecule has 0 saturated carbocycles. The highest BCUT2D eigenvalue weighted by Gasteiger charge is 2.35. The van der Waals surface area contributed by atoms with Gasteiger partial charge in [-0.3, -0.25) is 24.5 Å². The summed E-state index contributed by atoms with van der Waals surface area (Å²) in [4.78, 5) is 62.8. The van der Waals surface area contributed by atoms with Crippen LogP contribution in [0.25, 0.3) is 0 Å². The van der Waals surface area contributed by atoms with Gasteiger partial charge < -0.3 is 20.3 Å². The second kappa shape index (κ2) is 12.0. The molecule has 196 valence electrons. The van der Waals surface area contributed by atoms with Gasteiger partial charge in [-0.25, -0.2) is 4.79 Å². The van der Waals surface area contributed by atoms with Crippen LogP contribution >= 0.6 is 0 Å². The number of benzene rings is 1. The molecule has 0 aliphatic carbocycles. The Morgan fingerprint density at radius 2 is 1.83 bits per heavy atom. The van der Waals surface area contributed by atoms with Gasteiger partial charge in [0.05, 0.1) is 5.92 Å². The number of amides is 5. The van der Waals surface area contributed by atoms with E-state index >= 15 is 0 Å². The molecule has 0 spiro atoms. The number of hydrogen-bond acceptors (Lipinski definition) is 6. The largest absolute Gasteiger partial charge is 0.444 e. The number of unbranched alkanes of at least 4 members (excludes halogenated alkanes) is 2. The van der Waals surface area contributed by atoms with E-state index in [9.17, 15) is 24.0 Å². The number of ether oxygens (including phenoxy) is 1. The van der Waals surface area contributed by atoms with Crippen LogP contribution in [0.4, 0.5) is 10.5 Å². The number of anilines is 1. The summed E-state index contributed by atoms with van der Waals surface area (Å²) in [6.45, 7) is 6.32. The average molecular weight is 501 g/mol. The lowest BCUT2D eigenvalue weighted by Gasteiger charge is -2.34. The number of hydrogen-bond donors (Lipinski definition) is 3. The van der Waals surface area contributed by atoms with E-state index in [-0.39, 0.29) is 30.6 Å². The minimum absolute atomic E-state index is 0.00780. The lowest BCUT2D eigenvalue weighted by molar-refractivity contribution is -0.137. The van der Waals surface area contributed by atoms with Crippen molar-refractivity contribution in [2.45, 2.75) is 83.3 Å². The molecule has 0 aromatic heterocycles. The number of rotatable bonds is 8. The summed E-state index contributed by atoms with van der Waals surface area (Å²) in [5.41, 5.74) is 0.929. The van der Waals surface area contributed by atoms with Gasteiger partial charge in [0.15, 0.2) is 0 Å². The highest BCUT2D eigenvalue weighted by molar-refractivity contribution is 6.02. The number of carbonyl (C=O) groups excluding carboxylic acids is 5. The molecule has 2 heterocycles. The molecule has 1 aromatic carbocycles. The van der Waals surface area contributed by atoms with Crippen molar-refractivity contribution >= 4 is 35.4 Å². The van der Waals surface area contributed by atoms with E-state index < -0.39 is 29.6 Å². The van der Waals surface area contributed by atoms with Gasteiger partial charge in [0.2, 0.25) is 23.6 Å². The van der Waals surface area contributed by atoms with Gasteiger partial charge in [-0.1, -0.05) is 24.6 Å². The van der Waals surface area contributed by atoms with Gasteiger partial charge in [-0.2, -0.15) is 0 Å². The smallest absolute Gasteiger partial charge is 0.407 e. The first-order chi connectivity index (χ1) is 17.0. The number of para-hydroxylation sites is 1. The number of nitrogens with zero attached hydrogens (tertiary/aromatic N) is 1. The fourth-order valence-corrected chi connectivity index (χ4v) is 4.41. The van der Waals surface area contributed by atoms with Gasteiger partial charge in [0.25, 0.3) is 0 Å². The van der Waals surface area contributed by atoms with Crippen molar-refractivity contribution in [3.63, 3.8) is 0 Å². The Morgan fingerprint density at radius 1 is 1.08 bits per heavy atom. The normalized spacial score (nSPS) is 19.7. The van der Waals surface area contributed by atoms with Crippen molar-refractivity contribution in [2.24, 2.45) is 0 Å². The molecule has 1 aromatic rings. The minimum Gasteiger partial charge on any atom is -0.444 e. The summed E-state index contributed by atoms with van der Waals surface area (Å²) in [6, 6.07) is 6.61. The van der Waals surface area contributed by atoms with Gasteiger partial charge in [0.1, 0.15) is 11.6 Å². The quantitative estimate of drug-likeness (QED) is 0.371. The van der Waals surface area contributed by atoms with E-state index in [0.717, 1.165) is 18.4 Å². The summed E-state index contributed by atoms with van der Waals surface area (Å²) in [6.07, 6.45) is 3.06. The van der Waals surface area contributed by atoms with Crippen LogP contribution in [0.1, 0.15) is 77.2 Å². The summed E-state index contributed by atoms with van der Waals surface area (Å²) in [5, 5.41) is 7.74. The number of carbonyl (C=O) groups is 5. The average Bonchev–Trinajstić information content (AvgIpc) is 2.81. The maximum atomic E-state index is 13.0. The number of fused-ring (bicyclic) bond motifs is 1. The summed E-state index contributed by atoms with van der Waals surface area (Å²) in [5.74, 6) is -1.58. The molecule has 36 heavy (non-hydrogen) atoms. The van der Waals surface area contributed by atoms with Gasteiger partial charge >= 0.3 is 6.09 Å². The number of alkyl carbamates (subject to hydrolysis) is 1. The third-order valence-corrected chi connectivity index (χ3v) is 6.15. The SMILES string of the molecule is CC(C)(C)OC(=O)NCCCCCC(=O)N1CC[C@H](C(=O)N[C@@H]2CCC(=O)NC2=O)c2ccccc21. The van der Waals surface area contributed by atoms with Crippen molar-refractivity contribution in [1.29, 1.82) is 0 Å². The zero-order valence-corrected chi connectivity index (χ0v) is 21.2. The van der Waals surface area contributed by atoms with E-state index in [4.69, 9.17) is 4.74 Å². The molecule has 2 atom stereocenters. The second-order valence-corrected chi connectivity index (χ2v) is 10.2. The third-order valence-electron chi connectivity index (χ3n) is 6.15. The Hall–Kier alpha value is -3.43. The van der Waals surface area contributed by atoms with Crippen molar-refractivity contribution in [3.8, 4) is 0 Å². The van der Waals surface area contributed by atoms with Crippen LogP contribution in [0.3, 0.4) is 0 Å². The molecule has 3 rings (SSSR count). The Labute approximate surface area is 211 Å². The highest BCUT2D eigenvalue weighted by Crippen LogP contribution is 2.36. The van der Waals surface area contributed by atoms with E-state index in [1.807, 2.05) is 45.0 Å². The maximum Gasteiger partial charge on any atom is 0.407 e. The van der Waals surface area contributed by atoms with Crippen LogP contribution in [0, 0.1) is 0 Å². The third kappa shape index (κ3) is 7.53. The van der Waals surface area contributed by atoms with Gasteiger partial charge in [0, 0.05) is 31.6 Å². The zero-order valence-electron chi connectivity index (χ0n) is 21.2. The standard InChI is InChI=1S/C26H36N4O6/c1-26(2,3)36-25(35)27-15-8-4-5-11-22(32)30-16-14-18(17-9-6-7-10-20(17)30)23(33)28-19-12-13-21(31)29-24(19)34/h6-7,9-10,18-19H,4-5,8,11-16H2,1-3H3,(H,27,35)(H,28,33)(H,29,31,34)/t18-,19+/m0/s1. The molecule has 2 aliphatic heterocycles. The molecule has 0 unspecified atom stereocenters. The van der Waals surface area contributed by atoms with E-state index in [1.54, 1.807) is 4.90 Å². The molecule has 3 N–H and O–H groups in total. The van der Waals surface area contributed by atoms with Crippen LogP contribution < -0.4 is 20.9 Å². The number of imide groups is 1. The second-order valence-electron chi connectivity index (χ2n) is 10.2. The lowest BCUT2D eigenvalue weighted by Crippen LogP contribution is -2.53. The minimum atomic E-state index is -0.730. The predicted octanol–water partition coefficient (Wildman–Crippen LogP) is 2.51. The Bertz CT molecular complexity index is 1000. The molecule has 1 fully saturated rings. The fraction of sp³-hybridized carbons (Fsp3) is 0.577. The topological polar surface area (TPSA) is 134 Å². The van der Waals surface area contributed by atoms with Crippen LogP contribution in [-0.2, 0) is 23.9 Å². The highest BCUT2D eigenvalue weighted by atomic mass is 16.6. The monoisotopic (exact) mass is 500 g/mol. The summed E-state index contributed by atoms with van der Waals surface area (Å²) < 4.78 is 5.20. The molecular formula is C26H36N4O6. The van der Waals surface area contributed by atoms with Crippen molar-refractivity contribution in [1.82, 2.24) is 16.0 Å². The number of piperidine rings is 1. The molecule has 10 heteroatoms. The zero-order chi connectivity index (χ0) is 26.3. The van der Waals surface area contributed by atoms with Crippen LogP contribution in [0.5, 0.6) is 0 Å². The van der Waals surface area contributed by atoms with E-state index in [2.05, 4.69) is 16.0 Å². The maximum absolute atomic E-state index is 13.0. The Kier molecular flexibility index (Phi) is 9.06. The number of nitrogens with one attached hydrogen (secondary N) is 3. The molecular weight excluding hydrogens is 464 g/mol. The van der Waals surface area contributed by atoms with Crippen molar-refractivity contribution in [3.05, 3.63) is 29.8 Å². The fourth-order valence-electron chi connectivity index (χ4n) is 4.41. The van der Waals surface area contributed by atoms with Gasteiger partial charge in [-0.15, -0.1) is 0 Å². The molecule has 0 radical (unpaired) electrons. The summed E-state index contributed by atoms with van der Waals surface area (Å²) in [7, 11) is 0. The Balaban J connectivity index is 1.49. The first-order valence-electron chi connectivity index (χ1n) is 12.6. The van der Waals surface area contributed by atoms with Crippen LogP contribution in [0.2, 0.25) is 0 Å². The molecule has 10 nitrogen and oxygen atoms in total.